The summed E-state index contributed by atoms with van der Waals surface area (Å²) in [4.78, 5) is 11.7. The molecule has 5 nitrogen and oxygen atoms in total. The molecule has 34 heavy (non-hydrogen) atoms. The molecule has 4 atom stereocenters. The minimum atomic E-state index is 0.0914. The van der Waals surface area contributed by atoms with Crippen molar-refractivity contribution in [1.29, 1.82) is 0 Å². The molecular weight excluding hydrogens is 424 g/mol. The average molecular weight is 465 g/mol. The zero-order chi connectivity index (χ0) is 24.5. The fourth-order valence-electron chi connectivity index (χ4n) is 4.83. The lowest BCUT2D eigenvalue weighted by Gasteiger charge is -2.32. The minimum Gasteiger partial charge on any atom is -0.496 e. The second-order valence-corrected chi connectivity index (χ2v) is 9.36. The maximum Gasteiger partial charge on any atom is 0.138 e. The topological polar surface area (TPSA) is 59.6 Å². The summed E-state index contributed by atoms with van der Waals surface area (Å²) < 4.78 is 10.7. The van der Waals surface area contributed by atoms with Crippen molar-refractivity contribution in [3.8, 4) is 11.5 Å². The van der Waals surface area contributed by atoms with Gasteiger partial charge in [0.25, 0.3) is 0 Å². The Balaban J connectivity index is 0.000000191. The molecule has 2 fully saturated rings. The van der Waals surface area contributed by atoms with Crippen molar-refractivity contribution in [2.45, 2.75) is 51.6 Å². The third-order valence-corrected chi connectivity index (χ3v) is 7.25. The molecule has 2 aliphatic rings. The molecule has 2 aromatic carbocycles. The van der Waals surface area contributed by atoms with Crippen LogP contribution >= 0.6 is 0 Å². The highest BCUT2D eigenvalue weighted by atomic mass is 16.5. The van der Waals surface area contributed by atoms with Gasteiger partial charge in [-0.2, -0.15) is 0 Å². The molecule has 0 amide bonds. The predicted octanol–water partition coefficient (Wildman–Crippen LogP) is 4.60. The van der Waals surface area contributed by atoms with Crippen LogP contribution in [0.1, 0.15) is 37.8 Å². The van der Waals surface area contributed by atoms with Crippen molar-refractivity contribution in [1.82, 2.24) is 10.6 Å². The van der Waals surface area contributed by atoms with Crippen molar-refractivity contribution >= 4 is 5.78 Å². The fraction of sp³-hybridized carbons (Fsp3) is 0.483. The van der Waals surface area contributed by atoms with Gasteiger partial charge in [-0.25, -0.2) is 0 Å². The van der Waals surface area contributed by atoms with Gasteiger partial charge in [0.2, 0.25) is 0 Å². The Labute approximate surface area is 204 Å². The van der Waals surface area contributed by atoms with Crippen LogP contribution in [0.3, 0.4) is 0 Å². The van der Waals surface area contributed by atoms with E-state index < -0.39 is 0 Å². The number of carbonyl (C=O) groups is 1. The zero-order valence-corrected chi connectivity index (χ0v) is 21.1. The number of ether oxygens (including phenoxy) is 2. The molecule has 2 aliphatic heterocycles. The van der Waals surface area contributed by atoms with Crippen LogP contribution in [0.4, 0.5) is 0 Å². The third kappa shape index (κ3) is 6.71. The number of hydrogen-bond donors (Lipinski definition) is 2. The molecular formula is C29H40N2O3. The summed E-state index contributed by atoms with van der Waals surface area (Å²) in [5.41, 5.74) is 3.80. The van der Waals surface area contributed by atoms with Gasteiger partial charge in [0.05, 0.1) is 14.2 Å². The molecule has 4 unspecified atom stereocenters. The summed E-state index contributed by atoms with van der Waals surface area (Å²) in [6.45, 7) is 10.3. The average Bonchev–Trinajstić information content (AvgIpc) is 2.86. The van der Waals surface area contributed by atoms with Gasteiger partial charge in [0.15, 0.2) is 0 Å². The fourth-order valence-corrected chi connectivity index (χ4v) is 4.83. The summed E-state index contributed by atoms with van der Waals surface area (Å²) >= 11 is 0. The first kappa shape index (κ1) is 26.0. The highest BCUT2D eigenvalue weighted by molar-refractivity contribution is 5.82. The van der Waals surface area contributed by atoms with Crippen LogP contribution in [-0.2, 0) is 17.6 Å². The van der Waals surface area contributed by atoms with Crippen LogP contribution in [0.25, 0.3) is 0 Å². The van der Waals surface area contributed by atoms with Crippen molar-refractivity contribution in [3.05, 3.63) is 71.8 Å². The number of carbonyl (C=O) groups excluding carboxylic acids is 1. The van der Waals surface area contributed by atoms with E-state index in [2.05, 4.69) is 42.3 Å². The van der Waals surface area contributed by atoms with E-state index in [4.69, 9.17) is 9.47 Å². The van der Waals surface area contributed by atoms with E-state index in [1.54, 1.807) is 14.2 Å². The normalized spacial score (nSPS) is 24.7. The van der Waals surface area contributed by atoms with Crippen LogP contribution < -0.4 is 20.1 Å². The molecule has 2 aromatic rings. The lowest BCUT2D eigenvalue weighted by molar-refractivity contribution is -0.124. The number of para-hydroxylation sites is 2. The molecule has 0 bridgehead atoms. The lowest BCUT2D eigenvalue weighted by atomic mass is 9.85. The van der Waals surface area contributed by atoms with Gasteiger partial charge in [-0.05, 0) is 55.0 Å². The Morgan fingerprint density at radius 1 is 0.794 bits per heavy atom. The largest absolute Gasteiger partial charge is 0.496 e. The van der Waals surface area contributed by atoms with Crippen molar-refractivity contribution in [3.63, 3.8) is 0 Å². The number of nitrogens with one attached hydrogen (secondary N) is 2. The number of Topliss-reactive ketones (excluding diaryl/α,β-unsaturated/α-hetero) is 1. The van der Waals surface area contributed by atoms with Crippen molar-refractivity contribution < 1.29 is 14.3 Å². The monoisotopic (exact) mass is 464 g/mol. The molecule has 0 radical (unpaired) electrons. The van der Waals surface area contributed by atoms with E-state index in [-0.39, 0.29) is 12.0 Å². The van der Waals surface area contributed by atoms with Gasteiger partial charge >= 0.3 is 0 Å². The minimum absolute atomic E-state index is 0.0914. The number of methoxy groups -OCH3 is 2. The summed E-state index contributed by atoms with van der Waals surface area (Å²) in [6, 6.07) is 17.0. The molecule has 2 N–H and O–H groups in total. The number of piperidine rings is 2. The van der Waals surface area contributed by atoms with Gasteiger partial charge in [0.1, 0.15) is 17.3 Å². The Hall–Kier alpha value is -2.63. The van der Waals surface area contributed by atoms with E-state index in [1.807, 2.05) is 37.3 Å². The Kier molecular flexibility index (Phi) is 9.73. The number of benzene rings is 2. The van der Waals surface area contributed by atoms with Crippen molar-refractivity contribution in [2.75, 3.05) is 27.3 Å². The van der Waals surface area contributed by atoms with Crippen LogP contribution in [0.5, 0.6) is 11.5 Å². The summed E-state index contributed by atoms with van der Waals surface area (Å²) in [5, 5.41) is 7.01. The Morgan fingerprint density at radius 2 is 1.26 bits per heavy atom. The van der Waals surface area contributed by atoms with E-state index in [1.165, 1.54) is 11.1 Å². The molecule has 0 aromatic heterocycles. The highest BCUT2D eigenvalue weighted by Crippen LogP contribution is 2.27. The molecule has 5 heteroatoms. The second-order valence-electron chi connectivity index (χ2n) is 9.36. The van der Waals surface area contributed by atoms with Crippen molar-refractivity contribution in [2.24, 2.45) is 11.8 Å². The number of ketones is 1. The first-order valence-corrected chi connectivity index (χ1v) is 12.4. The van der Waals surface area contributed by atoms with Gasteiger partial charge in [0, 0.05) is 31.0 Å². The number of rotatable bonds is 6. The van der Waals surface area contributed by atoms with Crippen LogP contribution in [-0.4, -0.2) is 45.2 Å². The van der Waals surface area contributed by atoms with Crippen LogP contribution in [0, 0.1) is 11.8 Å². The van der Waals surface area contributed by atoms with E-state index in [0.29, 0.717) is 24.2 Å². The summed E-state index contributed by atoms with van der Waals surface area (Å²) in [7, 11) is 3.41. The molecule has 0 spiro atoms. The van der Waals surface area contributed by atoms with Crippen LogP contribution in [0.2, 0.25) is 0 Å². The third-order valence-electron chi connectivity index (χ3n) is 7.25. The predicted molar refractivity (Wildman–Crippen MR) is 139 cm³/mol. The van der Waals surface area contributed by atoms with Crippen LogP contribution in [0.15, 0.2) is 60.7 Å². The summed E-state index contributed by atoms with van der Waals surface area (Å²) in [5.74, 6) is 2.88. The van der Waals surface area contributed by atoms with Gasteiger partial charge in [-0.3, -0.25) is 4.79 Å². The SMILES string of the molecule is C=C1CCNC(Cc2ccccc2OC)C1C.COc1ccccc1CC1NCCC(=O)C1C. The quantitative estimate of drug-likeness (QED) is 0.612. The first-order valence-electron chi connectivity index (χ1n) is 12.4. The highest BCUT2D eigenvalue weighted by Gasteiger charge is 2.28. The van der Waals surface area contributed by atoms with Gasteiger partial charge in [-0.15, -0.1) is 0 Å². The Morgan fingerprint density at radius 3 is 1.79 bits per heavy atom. The van der Waals surface area contributed by atoms with E-state index in [0.717, 1.165) is 49.4 Å². The smallest absolute Gasteiger partial charge is 0.138 e. The second kappa shape index (κ2) is 12.7. The summed E-state index contributed by atoms with van der Waals surface area (Å²) in [6.07, 6.45) is 3.61. The molecule has 184 valence electrons. The molecule has 2 saturated heterocycles. The lowest BCUT2D eigenvalue weighted by Crippen LogP contribution is -2.46. The standard InChI is InChI=1S/C15H21NO.C14H19NO2/c1-11-8-9-16-14(12(11)2)10-13-6-4-5-7-15(13)17-3;1-10-12(15-8-7-13(10)16)9-11-5-3-4-6-14(11)17-2/h4-7,12,14,16H,1,8-10H2,2-3H3;3-6,10,12,15H,7-9H2,1-2H3. The van der Waals surface area contributed by atoms with Gasteiger partial charge < -0.3 is 20.1 Å². The molecule has 0 aliphatic carbocycles. The maximum absolute atomic E-state index is 11.7. The number of hydrogen-bond acceptors (Lipinski definition) is 5. The molecule has 0 saturated carbocycles. The zero-order valence-electron chi connectivity index (χ0n) is 21.1. The molecule has 2 heterocycles. The molecule has 4 rings (SSSR count). The van der Waals surface area contributed by atoms with E-state index >= 15 is 0 Å². The Bertz CT molecular complexity index is 880. The maximum atomic E-state index is 11.7. The van der Waals surface area contributed by atoms with Gasteiger partial charge in [-0.1, -0.05) is 62.4 Å². The van der Waals surface area contributed by atoms with E-state index in [9.17, 15) is 4.79 Å². The first-order chi connectivity index (χ1) is 16.4.